The van der Waals surface area contributed by atoms with Crippen molar-refractivity contribution in [2.75, 3.05) is 18.8 Å². The molecule has 2 aliphatic rings. The summed E-state index contributed by atoms with van der Waals surface area (Å²) in [6.45, 7) is 2.74. The number of benzene rings is 1. The number of hydrogen-bond donors (Lipinski definition) is 2. The average Bonchev–Trinajstić information content (AvgIpc) is 2.77. The van der Waals surface area contributed by atoms with Crippen molar-refractivity contribution >= 4 is 5.69 Å². The van der Waals surface area contributed by atoms with Crippen molar-refractivity contribution in [2.24, 2.45) is 0 Å². The van der Waals surface area contributed by atoms with Crippen molar-refractivity contribution in [1.82, 2.24) is 4.90 Å². The molecule has 1 fully saturated rings. The number of hydrogen-bond acceptors (Lipinski definition) is 3. The first-order chi connectivity index (χ1) is 8.66. The summed E-state index contributed by atoms with van der Waals surface area (Å²) in [5.41, 5.74) is 9.16. The number of anilines is 1. The monoisotopic (exact) mass is 246 g/mol. The Balaban J connectivity index is 1.73. The first kappa shape index (κ1) is 12.0. The van der Waals surface area contributed by atoms with Gasteiger partial charge in [-0.05, 0) is 36.5 Å². The van der Waals surface area contributed by atoms with Crippen molar-refractivity contribution in [3.05, 3.63) is 29.3 Å². The van der Waals surface area contributed by atoms with Crippen molar-refractivity contribution < 1.29 is 5.11 Å². The van der Waals surface area contributed by atoms with Crippen molar-refractivity contribution in [1.29, 1.82) is 0 Å². The number of fused-ring (bicyclic) bond motifs is 1. The van der Waals surface area contributed by atoms with Crippen LogP contribution in [0.5, 0.6) is 0 Å². The van der Waals surface area contributed by atoms with Gasteiger partial charge in [0.2, 0.25) is 0 Å². The second-order valence-electron chi connectivity index (χ2n) is 5.88. The minimum Gasteiger partial charge on any atom is -0.398 e. The van der Waals surface area contributed by atoms with E-state index >= 15 is 0 Å². The lowest BCUT2D eigenvalue weighted by Crippen LogP contribution is -2.43. The van der Waals surface area contributed by atoms with Gasteiger partial charge in [-0.2, -0.15) is 0 Å². The Bertz CT molecular complexity index is 438. The van der Waals surface area contributed by atoms with Crippen LogP contribution in [0.25, 0.3) is 0 Å². The molecule has 0 saturated heterocycles. The molecular weight excluding hydrogens is 224 g/mol. The Morgan fingerprint density at radius 1 is 1.28 bits per heavy atom. The summed E-state index contributed by atoms with van der Waals surface area (Å²) < 4.78 is 0. The van der Waals surface area contributed by atoms with E-state index in [1.165, 1.54) is 24.0 Å². The van der Waals surface area contributed by atoms with Gasteiger partial charge in [0.05, 0.1) is 5.60 Å². The molecule has 1 heterocycles. The van der Waals surface area contributed by atoms with E-state index in [0.717, 1.165) is 44.6 Å². The maximum atomic E-state index is 10.5. The summed E-state index contributed by atoms with van der Waals surface area (Å²) >= 11 is 0. The van der Waals surface area contributed by atoms with Crippen LogP contribution in [-0.2, 0) is 13.0 Å². The normalized spacial score (nSPS) is 22.9. The summed E-state index contributed by atoms with van der Waals surface area (Å²) in [7, 11) is 0. The third kappa shape index (κ3) is 2.25. The van der Waals surface area contributed by atoms with Crippen LogP contribution < -0.4 is 5.73 Å². The molecule has 1 aliphatic carbocycles. The van der Waals surface area contributed by atoms with E-state index in [-0.39, 0.29) is 0 Å². The number of nitrogen functional groups attached to an aromatic ring is 1. The Kier molecular flexibility index (Phi) is 3.04. The van der Waals surface area contributed by atoms with Gasteiger partial charge in [-0.1, -0.05) is 25.0 Å². The molecule has 0 spiro atoms. The Labute approximate surface area is 109 Å². The maximum absolute atomic E-state index is 10.5. The van der Waals surface area contributed by atoms with Gasteiger partial charge < -0.3 is 10.8 Å². The van der Waals surface area contributed by atoms with Gasteiger partial charge in [-0.25, -0.2) is 0 Å². The molecule has 3 nitrogen and oxygen atoms in total. The molecule has 0 radical (unpaired) electrons. The third-order valence-corrected chi connectivity index (χ3v) is 4.44. The summed E-state index contributed by atoms with van der Waals surface area (Å²) in [6, 6.07) is 6.19. The molecule has 0 unspecified atom stereocenters. The van der Waals surface area contributed by atoms with Crippen LogP contribution in [0.4, 0.5) is 5.69 Å². The van der Waals surface area contributed by atoms with Gasteiger partial charge in [0.1, 0.15) is 0 Å². The molecule has 18 heavy (non-hydrogen) atoms. The van der Waals surface area contributed by atoms with E-state index in [0.29, 0.717) is 0 Å². The molecule has 0 bridgehead atoms. The first-order valence-electron chi connectivity index (χ1n) is 6.97. The summed E-state index contributed by atoms with van der Waals surface area (Å²) in [6.07, 6.45) is 5.31. The number of aliphatic hydroxyl groups is 1. The zero-order valence-corrected chi connectivity index (χ0v) is 10.9. The highest BCUT2D eigenvalue weighted by Gasteiger charge is 2.34. The highest BCUT2D eigenvalue weighted by molar-refractivity contribution is 5.51. The summed E-state index contributed by atoms with van der Waals surface area (Å²) in [4.78, 5) is 2.37. The number of rotatable bonds is 2. The van der Waals surface area contributed by atoms with Crippen LogP contribution in [0.1, 0.15) is 36.8 Å². The summed E-state index contributed by atoms with van der Waals surface area (Å²) in [5.74, 6) is 0. The van der Waals surface area contributed by atoms with E-state index in [2.05, 4.69) is 11.0 Å². The molecule has 1 aromatic rings. The van der Waals surface area contributed by atoms with E-state index in [9.17, 15) is 5.11 Å². The molecule has 0 aromatic heterocycles. The lowest BCUT2D eigenvalue weighted by Gasteiger charge is -2.35. The van der Waals surface area contributed by atoms with Crippen molar-refractivity contribution in [3.63, 3.8) is 0 Å². The van der Waals surface area contributed by atoms with Gasteiger partial charge in [-0.3, -0.25) is 4.90 Å². The fourth-order valence-corrected chi connectivity index (χ4v) is 3.41. The molecule has 0 amide bonds. The lowest BCUT2D eigenvalue weighted by atomic mass is 9.95. The standard InChI is InChI=1S/C15H22N2O/c16-14-5-3-4-12-6-9-17(10-13(12)14)11-15(18)7-1-2-8-15/h3-5,18H,1-2,6-11,16H2. The zero-order valence-electron chi connectivity index (χ0n) is 10.9. The van der Waals surface area contributed by atoms with Gasteiger partial charge in [-0.15, -0.1) is 0 Å². The Hall–Kier alpha value is -1.06. The molecule has 1 saturated carbocycles. The topological polar surface area (TPSA) is 49.5 Å². The highest BCUT2D eigenvalue weighted by Crippen LogP contribution is 2.32. The molecule has 0 atom stereocenters. The van der Waals surface area contributed by atoms with E-state index in [1.807, 2.05) is 12.1 Å². The van der Waals surface area contributed by atoms with Crippen LogP contribution in [0, 0.1) is 0 Å². The van der Waals surface area contributed by atoms with Crippen LogP contribution in [0.15, 0.2) is 18.2 Å². The Morgan fingerprint density at radius 3 is 2.83 bits per heavy atom. The number of nitrogens with two attached hydrogens (primary N) is 1. The van der Waals surface area contributed by atoms with Crippen LogP contribution in [0.3, 0.4) is 0 Å². The summed E-state index contributed by atoms with van der Waals surface area (Å²) in [5, 5.41) is 10.5. The number of nitrogens with zero attached hydrogens (tertiary/aromatic N) is 1. The zero-order chi connectivity index (χ0) is 12.6. The largest absolute Gasteiger partial charge is 0.398 e. The number of β-amino-alcohol motifs (C(OH)–C–C–N with tert-alkyl or cyclic N) is 1. The molecule has 98 valence electrons. The average molecular weight is 246 g/mol. The van der Waals surface area contributed by atoms with Gasteiger partial charge >= 0.3 is 0 Å². The van der Waals surface area contributed by atoms with Crippen LogP contribution in [0.2, 0.25) is 0 Å². The van der Waals surface area contributed by atoms with Gasteiger partial charge in [0.15, 0.2) is 0 Å². The fraction of sp³-hybridized carbons (Fsp3) is 0.600. The third-order valence-electron chi connectivity index (χ3n) is 4.44. The molecule has 3 N–H and O–H groups in total. The maximum Gasteiger partial charge on any atom is 0.0774 e. The minimum absolute atomic E-state index is 0.443. The second-order valence-corrected chi connectivity index (χ2v) is 5.88. The first-order valence-corrected chi connectivity index (χ1v) is 6.97. The molecular formula is C15H22N2O. The Morgan fingerprint density at radius 2 is 2.06 bits per heavy atom. The van der Waals surface area contributed by atoms with Crippen LogP contribution >= 0.6 is 0 Å². The van der Waals surface area contributed by atoms with E-state index in [4.69, 9.17) is 5.73 Å². The predicted octanol–water partition coefficient (Wildman–Crippen LogP) is 1.93. The fourth-order valence-electron chi connectivity index (χ4n) is 3.41. The molecule has 1 aliphatic heterocycles. The van der Waals surface area contributed by atoms with Crippen LogP contribution in [-0.4, -0.2) is 28.7 Å². The van der Waals surface area contributed by atoms with Crippen molar-refractivity contribution in [2.45, 2.75) is 44.2 Å². The van der Waals surface area contributed by atoms with E-state index < -0.39 is 5.60 Å². The smallest absolute Gasteiger partial charge is 0.0774 e. The highest BCUT2D eigenvalue weighted by atomic mass is 16.3. The molecule has 3 heteroatoms. The molecule has 3 rings (SSSR count). The van der Waals surface area contributed by atoms with Crippen molar-refractivity contribution in [3.8, 4) is 0 Å². The molecule has 1 aromatic carbocycles. The lowest BCUT2D eigenvalue weighted by molar-refractivity contribution is 0.00565. The van der Waals surface area contributed by atoms with E-state index in [1.54, 1.807) is 0 Å². The predicted molar refractivity (Wildman–Crippen MR) is 73.3 cm³/mol. The SMILES string of the molecule is Nc1cccc2c1CN(CC1(O)CCCC1)CC2. The quantitative estimate of drug-likeness (QED) is 0.784. The second kappa shape index (κ2) is 4.56. The minimum atomic E-state index is -0.443. The van der Waals surface area contributed by atoms with Gasteiger partial charge in [0.25, 0.3) is 0 Å². The van der Waals surface area contributed by atoms with Gasteiger partial charge in [0, 0.05) is 25.3 Å².